The van der Waals surface area contributed by atoms with Gasteiger partial charge in [0.2, 0.25) is 5.91 Å². The van der Waals surface area contributed by atoms with Crippen LogP contribution < -0.4 is 5.32 Å². The molecule has 0 aromatic heterocycles. The maximum absolute atomic E-state index is 12.0. The van der Waals surface area contributed by atoms with Crippen molar-refractivity contribution in [2.24, 2.45) is 5.92 Å². The monoisotopic (exact) mass is 219 g/mol. The van der Waals surface area contributed by atoms with Crippen molar-refractivity contribution in [1.82, 2.24) is 5.32 Å². The Balaban J connectivity index is 2.25. The number of carbonyl (C=O) groups excluding carboxylic acids is 2. The topological polar surface area (TPSA) is 66.4 Å². The van der Waals surface area contributed by atoms with Crippen LogP contribution in [0.2, 0.25) is 0 Å². The molecular formula is C12H13NO3. The summed E-state index contributed by atoms with van der Waals surface area (Å²) in [6.07, 6.45) is 1.36. The summed E-state index contributed by atoms with van der Waals surface area (Å²) in [5, 5.41) is 12.2. The molecule has 1 aromatic rings. The summed E-state index contributed by atoms with van der Waals surface area (Å²) in [6.45, 7) is 0.628. The minimum absolute atomic E-state index is 0.0640. The molecule has 1 aliphatic rings. The molecule has 1 aromatic carbocycles. The van der Waals surface area contributed by atoms with E-state index in [4.69, 9.17) is 0 Å². The third-order valence-corrected chi connectivity index (χ3v) is 2.77. The number of hydrogen-bond donors (Lipinski definition) is 2. The molecule has 16 heavy (non-hydrogen) atoms. The molecule has 4 heteroatoms. The number of hydrogen-bond acceptors (Lipinski definition) is 3. The molecular weight excluding hydrogens is 206 g/mol. The van der Waals surface area contributed by atoms with Crippen LogP contribution in [0.5, 0.6) is 5.75 Å². The lowest BCUT2D eigenvalue weighted by atomic mass is 9.90. The highest BCUT2D eigenvalue weighted by Crippen LogP contribution is 2.23. The molecule has 0 bridgehead atoms. The molecule has 0 radical (unpaired) electrons. The molecule has 4 nitrogen and oxygen atoms in total. The van der Waals surface area contributed by atoms with E-state index < -0.39 is 5.92 Å². The highest BCUT2D eigenvalue weighted by atomic mass is 16.3. The zero-order chi connectivity index (χ0) is 11.5. The fourth-order valence-electron chi connectivity index (χ4n) is 1.89. The van der Waals surface area contributed by atoms with Crippen LogP contribution in [0, 0.1) is 5.92 Å². The predicted molar refractivity (Wildman–Crippen MR) is 58.2 cm³/mol. The molecule has 84 valence electrons. The third kappa shape index (κ3) is 1.91. The van der Waals surface area contributed by atoms with E-state index in [0.29, 0.717) is 13.0 Å². The smallest absolute Gasteiger partial charge is 0.230 e. The molecule has 1 aliphatic heterocycles. The van der Waals surface area contributed by atoms with E-state index in [1.165, 1.54) is 6.07 Å². The second-order valence-corrected chi connectivity index (χ2v) is 3.87. The lowest BCUT2D eigenvalue weighted by Crippen LogP contribution is -2.40. The van der Waals surface area contributed by atoms with Crippen molar-refractivity contribution in [1.29, 1.82) is 0 Å². The summed E-state index contributed by atoms with van der Waals surface area (Å²) in [6, 6.07) is 6.31. The van der Waals surface area contributed by atoms with Crippen molar-refractivity contribution >= 4 is 11.7 Å². The van der Waals surface area contributed by atoms with Crippen LogP contribution in [-0.4, -0.2) is 23.3 Å². The van der Waals surface area contributed by atoms with Crippen LogP contribution in [0.15, 0.2) is 24.3 Å². The third-order valence-electron chi connectivity index (χ3n) is 2.77. The number of carbonyl (C=O) groups is 2. The van der Waals surface area contributed by atoms with E-state index in [1.54, 1.807) is 18.2 Å². The largest absolute Gasteiger partial charge is 0.507 e. The second-order valence-electron chi connectivity index (χ2n) is 3.87. The molecule has 1 heterocycles. The van der Waals surface area contributed by atoms with Gasteiger partial charge in [0.25, 0.3) is 0 Å². The van der Waals surface area contributed by atoms with E-state index in [2.05, 4.69) is 5.32 Å². The molecule has 1 amide bonds. The molecule has 0 saturated carbocycles. The SMILES string of the molecule is O=C1NCCCC1C(=O)c1ccccc1O. The Bertz CT molecular complexity index is 428. The molecule has 1 fully saturated rings. The average Bonchev–Trinajstić information content (AvgIpc) is 2.29. The number of rotatable bonds is 2. The number of benzene rings is 1. The first-order valence-electron chi connectivity index (χ1n) is 5.30. The van der Waals surface area contributed by atoms with Crippen LogP contribution >= 0.6 is 0 Å². The maximum atomic E-state index is 12.0. The standard InChI is InChI=1S/C12H13NO3/c14-10-6-2-1-4-8(10)11(15)9-5-3-7-13-12(9)16/h1-2,4,6,9,14H,3,5,7H2,(H,13,16). The lowest BCUT2D eigenvalue weighted by molar-refractivity contribution is -0.124. The number of Topliss-reactive ketones (excluding diaryl/α,β-unsaturated/α-hetero) is 1. The van der Waals surface area contributed by atoms with Crippen molar-refractivity contribution in [2.75, 3.05) is 6.54 Å². The summed E-state index contributed by atoms with van der Waals surface area (Å²) in [4.78, 5) is 23.5. The number of phenolic OH excluding ortho intramolecular Hbond substituents is 1. The van der Waals surface area contributed by atoms with Crippen LogP contribution in [0.3, 0.4) is 0 Å². The van der Waals surface area contributed by atoms with Crippen molar-refractivity contribution in [2.45, 2.75) is 12.8 Å². The Morgan fingerprint density at radius 1 is 1.38 bits per heavy atom. The van der Waals surface area contributed by atoms with Gasteiger partial charge in [0.15, 0.2) is 5.78 Å². The van der Waals surface area contributed by atoms with Gasteiger partial charge in [0.1, 0.15) is 11.7 Å². The van der Waals surface area contributed by atoms with Crippen molar-refractivity contribution in [3.63, 3.8) is 0 Å². The van der Waals surface area contributed by atoms with Crippen LogP contribution in [0.25, 0.3) is 0 Å². The predicted octanol–water partition coefficient (Wildman–Crippen LogP) is 1.10. The van der Waals surface area contributed by atoms with Crippen LogP contribution in [-0.2, 0) is 4.79 Å². The van der Waals surface area contributed by atoms with Crippen molar-refractivity contribution < 1.29 is 14.7 Å². The minimum Gasteiger partial charge on any atom is -0.507 e. The first kappa shape index (κ1) is 10.7. The number of nitrogens with one attached hydrogen (secondary N) is 1. The molecule has 2 N–H and O–H groups in total. The Morgan fingerprint density at radius 3 is 2.81 bits per heavy atom. The fourth-order valence-corrected chi connectivity index (χ4v) is 1.89. The maximum Gasteiger partial charge on any atom is 0.230 e. The van der Waals surface area contributed by atoms with Gasteiger partial charge in [-0.15, -0.1) is 0 Å². The van der Waals surface area contributed by atoms with Crippen molar-refractivity contribution in [3.8, 4) is 5.75 Å². The number of ketones is 1. The Morgan fingerprint density at radius 2 is 2.12 bits per heavy atom. The van der Waals surface area contributed by atoms with Gasteiger partial charge in [-0.2, -0.15) is 0 Å². The summed E-state index contributed by atoms with van der Waals surface area (Å²) in [5.41, 5.74) is 0.226. The van der Waals surface area contributed by atoms with E-state index >= 15 is 0 Å². The molecule has 1 saturated heterocycles. The van der Waals surface area contributed by atoms with Gasteiger partial charge in [-0.1, -0.05) is 12.1 Å². The summed E-state index contributed by atoms with van der Waals surface area (Å²) in [7, 11) is 0. The summed E-state index contributed by atoms with van der Waals surface area (Å²) in [5.74, 6) is -1.25. The van der Waals surface area contributed by atoms with Gasteiger partial charge in [0.05, 0.1) is 5.56 Å². The molecule has 1 unspecified atom stereocenters. The number of phenols is 1. The van der Waals surface area contributed by atoms with Crippen molar-refractivity contribution in [3.05, 3.63) is 29.8 Å². The van der Waals surface area contributed by atoms with Gasteiger partial charge >= 0.3 is 0 Å². The number of aromatic hydroxyl groups is 1. The highest BCUT2D eigenvalue weighted by molar-refractivity contribution is 6.11. The quantitative estimate of drug-likeness (QED) is 0.578. The number of amides is 1. The van der Waals surface area contributed by atoms with Crippen LogP contribution in [0.4, 0.5) is 0 Å². The summed E-state index contributed by atoms with van der Waals surface area (Å²) >= 11 is 0. The number of para-hydroxylation sites is 1. The normalized spacial score (nSPS) is 20.2. The van der Waals surface area contributed by atoms with E-state index in [-0.39, 0.29) is 23.0 Å². The average molecular weight is 219 g/mol. The first-order valence-corrected chi connectivity index (χ1v) is 5.30. The van der Waals surface area contributed by atoms with E-state index in [0.717, 1.165) is 6.42 Å². The van der Waals surface area contributed by atoms with Gasteiger partial charge < -0.3 is 10.4 Å². The zero-order valence-corrected chi connectivity index (χ0v) is 8.77. The second kappa shape index (κ2) is 4.35. The number of piperidine rings is 1. The highest BCUT2D eigenvalue weighted by Gasteiger charge is 2.30. The van der Waals surface area contributed by atoms with Gasteiger partial charge in [0, 0.05) is 6.54 Å². The van der Waals surface area contributed by atoms with E-state index in [1.807, 2.05) is 0 Å². The Hall–Kier alpha value is -1.84. The molecule has 0 aliphatic carbocycles. The fraction of sp³-hybridized carbons (Fsp3) is 0.333. The Kier molecular flexibility index (Phi) is 2.90. The zero-order valence-electron chi connectivity index (χ0n) is 8.77. The molecule has 0 spiro atoms. The van der Waals surface area contributed by atoms with Crippen LogP contribution in [0.1, 0.15) is 23.2 Å². The van der Waals surface area contributed by atoms with Gasteiger partial charge in [-0.3, -0.25) is 9.59 Å². The lowest BCUT2D eigenvalue weighted by Gasteiger charge is -2.20. The minimum atomic E-state index is -0.651. The van der Waals surface area contributed by atoms with Gasteiger partial charge in [-0.25, -0.2) is 0 Å². The Labute approximate surface area is 93.3 Å². The van der Waals surface area contributed by atoms with E-state index in [9.17, 15) is 14.7 Å². The summed E-state index contributed by atoms with van der Waals surface area (Å²) < 4.78 is 0. The molecule has 2 rings (SSSR count). The molecule has 1 atom stereocenters. The first-order chi connectivity index (χ1) is 7.70. The van der Waals surface area contributed by atoms with Gasteiger partial charge in [-0.05, 0) is 25.0 Å².